The third kappa shape index (κ3) is 33.4. The SMILES string of the molecule is C=Cc1cccc(C)c1C(=O)Cl.C=Cc1cccc(C)c1C(=O)N(CC(=O)OCC)c1ccccc1C.C=Cc1cccc(C)c1C(=O)Nc1ccccc1C.C=Cc1cccc(C)c1C(=O)O.CCOC(=O)CN(C(=O)c1c(C)cccc1C=O)c1ccccc1C.CCOC(=O)c1cc2cccc(C)c2c(=O)n1-c1ccccc1.Cc1cccc(I)c1C(=O)O.Cc1cccc(N)c1C(=O)O.Cc1ccccc1N. The van der Waals surface area contributed by atoms with Crippen molar-refractivity contribution in [2.75, 3.05) is 59.5 Å². The van der Waals surface area contributed by atoms with Gasteiger partial charge in [0.05, 0.1) is 53.0 Å². The predicted octanol–water partition coefficient (Wildman–Crippen LogP) is 25.7. The zero-order chi connectivity index (χ0) is 108. The molecular weight excluding hydrogens is 1980 g/mol. The number of nitrogens with two attached hydrogens (primary N) is 2. The van der Waals surface area contributed by atoms with Crippen molar-refractivity contribution in [2.24, 2.45) is 0 Å². The number of aromatic nitrogens is 1. The molecule has 1 aromatic heterocycles. The molecule has 0 radical (unpaired) electrons. The van der Waals surface area contributed by atoms with Gasteiger partial charge in [0.15, 0.2) is 6.29 Å². The maximum absolute atomic E-state index is 13.3. The van der Waals surface area contributed by atoms with Crippen molar-refractivity contribution in [2.45, 2.75) is 104 Å². The summed E-state index contributed by atoms with van der Waals surface area (Å²) in [6.07, 6.45) is 7.19. The molecule has 3 amide bonds. The Kier molecular flexibility index (Phi) is 47.8. The Bertz CT molecular complexity index is 6820. The molecule has 754 valence electrons. The highest BCUT2D eigenvalue weighted by Crippen LogP contribution is 2.30. The fourth-order valence-electron chi connectivity index (χ4n) is 15.0. The first-order valence-electron chi connectivity index (χ1n) is 46.2. The number of ether oxygens (including phenoxy) is 3. The van der Waals surface area contributed by atoms with Crippen LogP contribution in [0.5, 0.6) is 0 Å². The summed E-state index contributed by atoms with van der Waals surface area (Å²) in [5.74, 6) is -4.90. The van der Waals surface area contributed by atoms with Crippen molar-refractivity contribution in [3.8, 4) is 5.69 Å². The minimum atomic E-state index is -0.972. The third-order valence-corrected chi connectivity index (χ3v) is 23.5. The number of aromatic carboxylic acids is 3. The fraction of sp³-hybridized carbons (Fsp3) is 0.167. The lowest BCUT2D eigenvalue weighted by molar-refractivity contribution is -0.142. The van der Waals surface area contributed by atoms with Gasteiger partial charge in [0.25, 0.3) is 28.5 Å². The number of nitrogens with zero attached hydrogens (tertiary/aromatic N) is 3. The van der Waals surface area contributed by atoms with E-state index >= 15 is 0 Å². The lowest BCUT2D eigenvalue weighted by Gasteiger charge is -2.25. The second-order valence-electron chi connectivity index (χ2n) is 32.6. The molecule has 0 saturated carbocycles. The average molecular weight is 2100 g/mol. The second kappa shape index (κ2) is 59.2. The molecule has 146 heavy (non-hydrogen) atoms. The van der Waals surface area contributed by atoms with Gasteiger partial charge in [-0.3, -0.25) is 52.7 Å². The molecule has 0 unspecified atom stereocenters. The van der Waals surface area contributed by atoms with Crippen LogP contribution in [0.25, 0.3) is 40.8 Å². The lowest BCUT2D eigenvalue weighted by Crippen LogP contribution is -2.38. The van der Waals surface area contributed by atoms with Gasteiger partial charge in [-0.2, -0.15) is 0 Å². The standard InChI is InChI=1S/C21H23NO3.C20H21NO4.C19H17NO3.C17H17NO.C10H9ClO.C10H10O2.C8H7IO2.C8H9NO2.C7H9N/c1-5-17-12-9-11-16(4)20(17)21(24)22(14-19(23)25-6-2)18-13-8-7-10-15(18)3;1-4-25-18(23)12-21(17-11-6-5-8-14(17)2)20(24)19-15(3)9-7-10-16(19)13-22;1-3-23-19(22)16-12-14-9-7-8-13(2)17(14)18(21)20(16)15-10-5-4-6-11-15;1-4-14-10-7-9-13(3)16(14)17(19)18-15-11-6-5-8-12(15)2;2*1-3-8-6-4-5-7(2)9(8)10(11)12;2*1-5-3-2-4-6(9)7(5)8(10)11;1-6-4-2-3-5-7(6)8/h5,7-13H,1,6,14H2,2-4H3;5-11,13H,4,12H2,1-3H3;4-12H,3H2,1-2H3;4-11H,1H2,2-3H3,(H,18,19);3-6H,1H2,2H3;3-6H,1H2,2H3,(H,11,12);2-4H,1H3,(H,10,11);2-4H,9H2,1H3,(H,10,11);2-5H,8H2,1H3. The van der Waals surface area contributed by atoms with E-state index in [1.165, 1.54) is 14.4 Å². The van der Waals surface area contributed by atoms with Gasteiger partial charge in [0.2, 0.25) is 0 Å². The van der Waals surface area contributed by atoms with Crippen molar-refractivity contribution in [1.82, 2.24) is 4.57 Å². The highest BCUT2D eigenvalue weighted by molar-refractivity contribution is 14.1. The summed E-state index contributed by atoms with van der Waals surface area (Å²) in [5, 5.41) is 30.1. The Labute approximate surface area is 871 Å². The van der Waals surface area contributed by atoms with Crippen molar-refractivity contribution in [3.05, 3.63) is 459 Å². The topological polar surface area (TPSA) is 369 Å². The third-order valence-electron chi connectivity index (χ3n) is 22.4. The molecule has 0 aliphatic heterocycles. The van der Waals surface area contributed by atoms with Crippen LogP contribution in [0.1, 0.15) is 203 Å². The molecule has 0 atom stereocenters. The minimum Gasteiger partial charge on any atom is -0.478 e. The Morgan fingerprint density at radius 2 is 0.719 bits per heavy atom. The molecule has 14 aromatic rings. The van der Waals surface area contributed by atoms with E-state index in [-0.39, 0.29) is 61.5 Å². The van der Waals surface area contributed by atoms with E-state index in [0.29, 0.717) is 90.1 Å². The van der Waals surface area contributed by atoms with E-state index in [2.05, 4.69) is 31.6 Å². The van der Waals surface area contributed by atoms with E-state index in [4.69, 9.17) is 52.6 Å². The molecular formula is C120H122ClIN6O18. The molecule has 14 rings (SSSR count). The number of nitrogen functional groups attached to an aromatic ring is 2. The van der Waals surface area contributed by atoms with E-state index in [1.807, 2.05) is 266 Å². The lowest BCUT2D eigenvalue weighted by atomic mass is 10.00. The number of hydrogen-bond acceptors (Lipinski definition) is 17. The molecule has 0 saturated heterocycles. The quantitative estimate of drug-likeness (QED) is 0.00817. The van der Waals surface area contributed by atoms with Crippen LogP contribution >= 0.6 is 34.2 Å². The zero-order valence-electron chi connectivity index (χ0n) is 84.5. The number of anilines is 5. The number of para-hydroxylation sites is 5. The van der Waals surface area contributed by atoms with Crippen LogP contribution < -0.4 is 32.1 Å². The highest BCUT2D eigenvalue weighted by atomic mass is 127. The summed E-state index contributed by atoms with van der Waals surface area (Å²) < 4.78 is 17.4. The molecule has 1 heterocycles. The summed E-state index contributed by atoms with van der Waals surface area (Å²) >= 11 is 7.43. The minimum absolute atomic E-state index is 0.0951. The first-order chi connectivity index (χ1) is 69.6. The number of benzene rings is 13. The summed E-state index contributed by atoms with van der Waals surface area (Å²) in [6.45, 7) is 42.7. The molecule has 24 nitrogen and oxygen atoms in total. The number of esters is 3. The smallest absolute Gasteiger partial charge is 0.355 e. The molecule has 26 heteroatoms. The Morgan fingerprint density at radius 1 is 0.377 bits per heavy atom. The normalized spacial score (nSPS) is 9.98. The van der Waals surface area contributed by atoms with Crippen molar-refractivity contribution in [3.63, 3.8) is 0 Å². The number of fused-ring (bicyclic) bond motifs is 1. The summed E-state index contributed by atoms with van der Waals surface area (Å²) in [7, 11) is 0. The molecule has 0 fully saturated rings. The number of aldehydes is 1. The van der Waals surface area contributed by atoms with E-state index < -0.39 is 47.0 Å². The van der Waals surface area contributed by atoms with Gasteiger partial charge in [-0.25, -0.2) is 19.2 Å². The Morgan fingerprint density at radius 3 is 1.10 bits per heavy atom. The molecule has 0 aliphatic carbocycles. The van der Waals surface area contributed by atoms with Crippen molar-refractivity contribution >= 4 is 163 Å². The summed E-state index contributed by atoms with van der Waals surface area (Å²) in [6, 6.07) is 84.5. The largest absolute Gasteiger partial charge is 0.478 e. The van der Waals surface area contributed by atoms with E-state index in [9.17, 15) is 57.5 Å². The number of carbonyl (C=O) groups excluding carboxylic acids is 8. The average Bonchev–Trinajstić information content (AvgIpc) is 0.756. The first-order valence-corrected chi connectivity index (χ1v) is 47.6. The monoisotopic (exact) mass is 2100 g/mol. The van der Waals surface area contributed by atoms with Gasteiger partial charge in [0, 0.05) is 54.4 Å². The molecule has 8 N–H and O–H groups in total. The number of carboxylic acids is 3. The van der Waals surface area contributed by atoms with Gasteiger partial charge in [-0.15, -0.1) is 0 Å². The molecule has 0 bridgehead atoms. The summed E-state index contributed by atoms with van der Waals surface area (Å²) in [4.78, 5) is 146. The first kappa shape index (κ1) is 118. The van der Waals surface area contributed by atoms with Gasteiger partial charge in [-0.1, -0.05) is 275 Å². The second-order valence-corrected chi connectivity index (χ2v) is 34.2. The number of carboxylic acid groups (broad SMARTS) is 3. The van der Waals surface area contributed by atoms with Crippen LogP contribution in [-0.4, -0.2) is 118 Å². The number of pyridine rings is 1. The number of aryl methyl sites for hydroxylation is 12. The molecule has 13 aromatic carbocycles. The van der Waals surface area contributed by atoms with Crippen LogP contribution in [-0.2, 0) is 23.8 Å². The highest BCUT2D eigenvalue weighted by Gasteiger charge is 2.29. The number of carbonyl (C=O) groups is 11. The molecule has 0 spiro atoms. The van der Waals surface area contributed by atoms with Crippen LogP contribution in [0.2, 0.25) is 0 Å². The van der Waals surface area contributed by atoms with E-state index in [1.54, 1.807) is 164 Å². The van der Waals surface area contributed by atoms with Crippen molar-refractivity contribution < 1.29 is 82.3 Å². The van der Waals surface area contributed by atoms with Gasteiger partial charge < -0.3 is 46.3 Å². The predicted molar refractivity (Wildman–Crippen MR) is 596 cm³/mol. The number of rotatable bonds is 24. The van der Waals surface area contributed by atoms with Gasteiger partial charge >= 0.3 is 35.8 Å². The maximum atomic E-state index is 13.3. The van der Waals surface area contributed by atoms with Crippen LogP contribution in [0.15, 0.2) is 310 Å². The Balaban J connectivity index is 0.000000257. The summed E-state index contributed by atoms with van der Waals surface area (Å²) in [5.41, 5.74) is 31.8. The Hall–Kier alpha value is -16.8. The van der Waals surface area contributed by atoms with Crippen LogP contribution in [0.3, 0.4) is 0 Å². The maximum Gasteiger partial charge on any atom is 0.355 e. The van der Waals surface area contributed by atoms with Crippen LogP contribution in [0.4, 0.5) is 28.4 Å². The number of amides is 3. The van der Waals surface area contributed by atoms with E-state index in [0.717, 1.165) is 92.7 Å². The van der Waals surface area contributed by atoms with Crippen molar-refractivity contribution in [1.29, 1.82) is 0 Å². The molecule has 0 aliphatic rings. The number of halogens is 2. The van der Waals surface area contributed by atoms with Crippen LogP contribution in [0, 0.1) is 86.7 Å². The fourth-order valence-corrected chi connectivity index (χ4v) is 16.1. The van der Waals surface area contributed by atoms with Gasteiger partial charge in [-0.05, 0) is 287 Å². The zero-order valence-corrected chi connectivity index (χ0v) is 87.4. The van der Waals surface area contributed by atoms with Gasteiger partial charge in [0.1, 0.15) is 18.8 Å². The number of nitrogens with one attached hydrogen (secondary N) is 1. The number of hydrogen-bond donors (Lipinski definition) is 6.